The Balaban J connectivity index is 1.46. The van der Waals surface area contributed by atoms with Crippen LogP contribution in [0.5, 0.6) is 5.75 Å². The van der Waals surface area contributed by atoms with E-state index in [0.717, 1.165) is 51.6 Å². The number of thiophene rings is 1. The second kappa shape index (κ2) is 7.59. The predicted molar refractivity (Wildman–Crippen MR) is 87.1 cm³/mol. The first-order valence-electron chi connectivity index (χ1n) is 7.49. The zero-order chi connectivity index (χ0) is 14.3. The molecule has 3 nitrogen and oxygen atoms in total. The minimum atomic E-state index is 0.769. The maximum absolute atomic E-state index is 5.88. The molecule has 2 aromatic rings. The molecule has 0 spiro atoms. The van der Waals surface area contributed by atoms with Gasteiger partial charge in [0.15, 0.2) is 0 Å². The summed E-state index contributed by atoms with van der Waals surface area (Å²) in [5.74, 6) is 0.961. The Labute approximate surface area is 130 Å². The van der Waals surface area contributed by atoms with E-state index in [-0.39, 0.29) is 0 Å². The fourth-order valence-corrected chi connectivity index (χ4v) is 3.21. The molecule has 21 heavy (non-hydrogen) atoms. The maximum atomic E-state index is 5.88. The van der Waals surface area contributed by atoms with Gasteiger partial charge >= 0.3 is 0 Å². The van der Waals surface area contributed by atoms with Crippen LogP contribution < -0.4 is 4.74 Å². The number of hydrogen-bond acceptors (Lipinski definition) is 4. The second-order valence-corrected chi connectivity index (χ2v) is 6.11. The lowest BCUT2D eigenvalue weighted by Crippen LogP contribution is -2.37. The molecule has 3 rings (SSSR count). The molecule has 0 amide bonds. The molecule has 1 fully saturated rings. The fourth-order valence-electron chi connectivity index (χ4n) is 2.48. The highest BCUT2D eigenvalue weighted by atomic mass is 32.1. The minimum absolute atomic E-state index is 0.769. The summed E-state index contributed by atoms with van der Waals surface area (Å²) >= 11 is 1.76. The van der Waals surface area contributed by atoms with E-state index in [9.17, 15) is 0 Å². The van der Waals surface area contributed by atoms with Crippen molar-refractivity contribution in [1.29, 1.82) is 0 Å². The van der Waals surface area contributed by atoms with E-state index in [2.05, 4.69) is 40.6 Å². The second-order valence-electron chi connectivity index (χ2n) is 5.16. The molecule has 0 radical (unpaired) electrons. The molecular formula is C17H21NO2S. The predicted octanol–water partition coefficient (Wildman–Crippen LogP) is 3.52. The van der Waals surface area contributed by atoms with Gasteiger partial charge in [0.2, 0.25) is 0 Å². The van der Waals surface area contributed by atoms with Crippen LogP contribution in [0.2, 0.25) is 0 Å². The largest absolute Gasteiger partial charge is 0.494 e. The van der Waals surface area contributed by atoms with Gasteiger partial charge < -0.3 is 9.47 Å². The molecule has 1 aliphatic rings. The summed E-state index contributed by atoms with van der Waals surface area (Å²) in [6.45, 7) is 5.69. The van der Waals surface area contributed by atoms with Crippen LogP contribution in [0, 0.1) is 0 Å². The Bertz CT molecular complexity index is 535. The lowest BCUT2D eigenvalue weighted by atomic mass is 10.2. The molecule has 1 saturated heterocycles. The van der Waals surface area contributed by atoms with Crippen molar-refractivity contribution in [2.45, 2.75) is 6.42 Å². The molecule has 0 aliphatic carbocycles. The number of nitrogens with zero attached hydrogens (tertiary/aromatic N) is 1. The SMILES string of the molecule is c1cc(OCCCN2CCOCC2)cc(-c2cccs2)c1. The maximum Gasteiger partial charge on any atom is 0.119 e. The number of rotatable bonds is 6. The normalized spacial score (nSPS) is 16.0. The van der Waals surface area contributed by atoms with E-state index in [0.29, 0.717) is 0 Å². The summed E-state index contributed by atoms with van der Waals surface area (Å²) in [4.78, 5) is 3.73. The van der Waals surface area contributed by atoms with Crippen molar-refractivity contribution < 1.29 is 9.47 Å². The summed E-state index contributed by atoms with van der Waals surface area (Å²) in [6.07, 6.45) is 1.06. The van der Waals surface area contributed by atoms with Crippen molar-refractivity contribution in [1.82, 2.24) is 4.90 Å². The van der Waals surface area contributed by atoms with Gasteiger partial charge in [0.25, 0.3) is 0 Å². The van der Waals surface area contributed by atoms with Gasteiger partial charge in [-0.2, -0.15) is 0 Å². The standard InChI is InChI=1S/C17H21NO2S/c1-4-15(17-6-2-13-21-17)14-16(5-1)20-10-3-7-18-8-11-19-12-9-18/h1-2,4-6,13-14H,3,7-12H2. The van der Waals surface area contributed by atoms with E-state index in [1.54, 1.807) is 11.3 Å². The smallest absolute Gasteiger partial charge is 0.119 e. The first-order valence-corrected chi connectivity index (χ1v) is 8.37. The Morgan fingerprint density at radius 1 is 1.14 bits per heavy atom. The fraction of sp³-hybridized carbons (Fsp3) is 0.412. The van der Waals surface area contributed by atoms with Crippen LogP contribution >= 0.6 is 11.3 Å². The third-order valence-electron chi connectivity index (χ3n) is 3.63. The summed E-state index contributed by atoms with van der Waals surface area (Å²) in [5.41, 5.74) is 1.23. The summed E-state index contributed by atoms with van der Waals surface area (Å²) in [5, 5.41) is 2.10. The number of hydrogen-bond donors (Lipinski definition) is 0. The third kappa shape index (κ3) is 4.30. The Hall–Kier alpha value is -1.36. The Morgan fingerprint density at radius 2 is 2.05 bits per heavy atom. The highest BCUT2D eigenvalue weighted by molar-refractivity contribution is 7.13. The van der Waals surface area contributed by atoms with E-state index in [1.807, 2.05) is 6.07 Å². The lowest BCUT2D eigenvalue weighted by molar-refractivity contribution is 0.0358. The summed E-state index contributed by atoms with van der Waals surface area (Å²) in [6, 6.07) is 12.6. The Kier molecular flexibility index (Phi) is 5.27. The Morgan fingerprint density at radius 3 is 2.86 bits per heavy atom. The van der Waals surface area contributed by atoms with Crippen molar-refractivity contribution in [3.8, 4) is 16.2 Å². The van der Waals surface area contributed by atoms with Crippen LogP contribution in [-0.2, 0) is 4.74 Å². The zero-order valence-electron chi connectivity index (χ0n) is 12.2. The van der Waals surface area contributed by atoms with Gasteiger partial charge in [0.1, 0.15) is 5.75 Å². The minimum Gasteiger partial charge on any atom is -0.494 e. The molecule has 0 atom stereocenters. The van der Waals surface area contributed by atoms with Crippen LogP contribution in [0.4, 0.5) is 0 Å². The number of ether oxygens (including phenoxy) is 2. The van der Waals surface area contributed by atoms with E-state index in [4.69, 9.17) is 9.47 Å². The van der Waals surface area contributed by atoms with Crippen molar-refractivity contribution in [2.24, 2.45) is 0 Å². The molecule has 112 valence electrons. The average molecular weight is 303 g/mol. The van der Waals surface area contributed by atoms with Crippen LogP contribution in [0.3, 0.4) is 0 Å². The highest BCUT2D eigenvalue weighted by Gasteiger charge is 2.09. The van der Waals surface area contributed by atoms with Crippen LogP contribution in [0.15, 0.2) is 41.8 Å². The molecular weight excluding hydrogens is 282 g/mol. The third-order valence-corrected chi connectivity index (χ3v) is 4.55. The topological polar surface area (TPSA) is 21.7 Å². The van der Waals surface area contributed by atoms with Crippen molar-refractivity contribution in [3.05, 3.63) is 41.8 Å². The quantitative estimate of drug-likeness (QED) is 0.762. The summed E-state index contributed by atoms with van der Waals surface area (Å²) in [7, 11) is 0. The van der Waals surface area contributed by atoms with Gasteiger partial charge in [0, 0.05) is 24.5 Å². The van der Waals surface area contributed by atoms with Crippen molar-refractivity contribution in [2.75, 3.05) is 39.5 Å². The number of morpholine rings is 1. The molecule has 0 bridgehead atoms. The van der Waals surface area contributed by atoms with E-state index in [1.165, 1.54) is 10.4 Å². The molecule has 1 aromatic heterocycles. The van der Waals surface area contributed by atoms with Gasteiger partial charge in [0.05, 0.1) is 19.8 Å². The molecule has 0 unspecified atom stereocenters. The average Bonchev–Trinajstić information content (AvgIpc) is 3.07. The first-order chi connectivity index (χ1) is 10.4. The van der Waals surface area contributed by atoms with Gasteiger partial charge in [-0.3, -0.25) is 4.90 Å². The summed E-state index contributed by atoms with van der Waals surface area (Å²) < 4.78 is 11.2. The van der Waals surface area contributed by atoms with Crippen molar-refractivity contribution in [3.63, 3.8) is 0 Å². The van der Waals surface area contributed by atoms with Gasteiger partial charge in [-0.05, 0) is 35.6 Å². The first kappa shape index (κ1) is 14.6. The monoisotopic (exact) mass is 303 g/mol. The van der Waals surface area contributed by atoms with E-state index >= 15 is 0 Å². The van der Waals surface area contributed by atoms with Crippen LogP contribution in [0.25, 0.3) is 10.4 Å². The van der Waals surface area contributed by atoms with E-state index < -0.39 is 0 Å². The lowest BCUT2D eigenvalue weighted by Gasteiger charge is -2.26. The van der Waals surface area contributed by atoms with Crippen molar-refractivity contribution >= 4 is 11.3 Å². The number of benzene rings is 1. The van der Waals surface area contributed by atoms with Crippen LogP contribution in [-0.4, -0.2) is 44.4 Å². The molecule has 0 saturated carbocycles. The molecule has 4 heteroatoms. The highest BCUT2D eigenvalue weighted by Crippen LogP contribution is 2.27. The zero-order valence-corrected chi connectivity index (χ0v) is 13.0. The van der Waals surface area contributed by atoms with Gasteiger partial charge in [-0.15, -0.1) is 11.3 Å². The van der Waals surface area contributed by atoms with Gasteiger partial charge in [-0.25, -0.2) is 0 Å². The molecule has 0 N–H and O–H groups in total. The van der Waals surface area contributed by atoms with Crippen LogP contribution in [0.1, 0.15) is 6.42 Å². The molecule has 1 aliphatic heterocycles. The molecule has 1 aromatic carbocycles. The molecule has 2 heterocycles. The van der Waals surface area contributed by atoms with Gasteiger partial charge in [-0.1, -0.05) is 18.2 Å².